The number of carbonyl (C=O) groups is 2. The van der Waals surface area contributed by atoms with Gasteiger partial charge >= 0.3 is 12.2 Å². The standard InChI is InChI=1S/C20H24N2O5/c1-15(2)22(19(24)25)17-9-6-10-18(13-17)27-20(26)21(11-12-23)14-16-7-4-3-5-8-16/h3-10,13,15,23H,11-12,14H2,1-2H3,(H,24,25). The van der Waals surface area contributed by atoms with Crippen LogP contribution < -0.4 is 9.64 Å². The maximum absolute atomic E-state index is 12.5. The fourth-order valence-electron chi connectivity index (χ4n) is 2.65. The van der Waals surface area contributed by atoms with E-state index in [1.807, 2.05) is 30.3 Å². The number of carboxylic acid groups (broad SMARTS) is 1. The molecule has 144 valence electrons. The lowest BCUT2D eigenvalue weighted by Crippen LogP contribution is -2.36. The Hall–Kier alpha value is -3.06. The van der Waals surface area contributed by atoms with Crippen LogP contribution in [0.1, 0.15) is 19.4 Å². The summed E-state index contributed by atoms with van der Waals surface area (Å²) in [6, 6.07) is 15.5. The average Bonchev–Trinajstić information content (AvgIpc) is 2.62. The highest BCUT2D eigenvalue weighted by molar-refractivity contribution is 5.87. The lowest BCUT2D eigenvalue weighted by atomic mass is 10.2. The summed E-state index contributed by atoms with van der Waals surface area (Å²) in [5.74, 6) is 0.236. The van der Waals surface area contributed by atoms with Gasteiger partial charge in [0, 0.05) is 25.2 Å². The number of hydrogen-bond donors (Lipinski definition) is 2. The van der Waals surface area contributed by atoms with E-state index < -0.39 is 12.2 Å². The first-order chi connectivity index (χ1) is 12.9. The number of benzene rings is 2. The minimum Gasteiger partial charge on any atom is -0.465 e. The fraction of sp³-hybridized carbons (Fsp3) is 0.300. The minimum absolute atomic E-state index is 0.126. The van der Waals surface area contributed by atoms with Gasteiger partial charge in [-0.3, -0.25) is 4.90 Å². The molecule has 2 aromatic carbocycles. The molecule has 2 aromatic rings. The van der Waals surface area contributed by atoms with Crippen molar-refractivity contribution in [3.63, 3.8) is 0 Å². The zero-order valence-electron chi connectivity index (χ0n) is 15.4. The summed E-state index contributed by atoms with van der Waals surface area (Å²) in [4.78, 5) is 26.5. The molecule has 2 N–H and O–H groups in total. The van der Waals surface area contributed by atoms with Gasteiger partial charge in [0.1, 0.15) is 5.75 Å². The van der Waals surface area contributed by atoms with Crippen molar-refractivity contribution in [2.45, 2.75) is 26.4 Å². The molecule has 0 spiro atoms. The number of anilines is 1. The van der Waals surface area contributed by atoms with E-state index in [1.165, 1.54) is 15.9 Å². The normalized spacial score (nSPS) is 10.5. The molecule has 2 rings (SSSR count). The van der Waals surface area contributed by atoms with E-state index in [-0.39, 0.29) is 24.9 Å². The third-order valence-electron chi connectivity index (χ3n) is 3.87. The van der Waals surface area contributed by atoms with Gasteiger partial charge in [0.25, 0.3) is 0 Å². The molecule has 0 fully saturated rings. The summed E-state index contributed by atoms with van der Waals surface area (Å²) < 4.78 is 5.41. The lowest BCUT2D eigenvalue weighted by molar-refractivity contribution is 0.135. The molecular formula is C20H24N2O5. The monoisotopic (exact) mass is 372 g/mol. The van der Waals surface area contributed by atoms with E-state index in [4.69, 9.17) is 4.74 Å². The minimum atomic E-state index is -1.08. The van der Waals surface area contributed by atoms with Crippen molar-refractivity contribution < 1.29 is 24.5 Å². The van der Waals surface area contributed by atoms with Crippen molar-refractivity contribution in [2.24, 2.45) is 0 Å². The van der Waals surface area contributed by atoms with Gasteiger partial charge in [-0.25, -0.2) is 9.59 Å². The number of rotatable bonds is 7. The van der Waals surface area contributed by atoms with Crippen molar-refractivity contribution in [1.82, 2.24) is 4.90 Å². The number of aliphatic hydroxyl groups is 1. The molecule has 27 heavy (non-hydrogen) atoms. The van der Waals surface area contributed by atoms with E-state index in [0.717, 1.165) is 5.56 Å². The van der Waals surface area contributed by atoms with Gasteiger partial charge in [0.2, 0.25) is 0 Å². The third-order valence-corrected chi connectivity index (χ3v) is 3.87. The van der Waals surface area contributed by atoms with Crippen LogP contribution in [0.4, 0.5) is 15.3 Å². The average molecular weight is 372 g/mol. The second-order valence-electron chi connectivity index (χ2n) is 6.24. The van der Waals surface area contributed by atoms with E-state index >= 15 is 0 Å². The Bertz CT molecular complexity index is 764. The van der Waals surface area contributed by atoms with Crippen molar-refractivity contribution in [2.75, 3.05) is 18.1 Å². The molecule has 0 aliphatic heterocycles. The topological polar surface area (TPSA) is 90.3 Å². The quantitative estimate of drug-likeness (QED) is 0.775. The van der Waals surface area contributed by atoms with Crippen LogP contribution in [0.25, 0.3) is 0 Å². The second kappa shape index (κ2) is 9.59. The molecular weight excluding hydrogens is 348 g/mol. The number of nitrogens with zero attached hydrogens (tertiary/aromatic N) is 2. The molecule has 0 aliphatic rings. The number of hydrogen-bond acceptors (Lipinski definition) is 4. The van der Waals surface area contributed by atoms with Crippen LogP contribution >= 0.6 is 0 Å². The molecule has 0 aliphatic carbocycles. The van der Waals surface area contributed by atoms with Gasteiger partial charge in [0.15, 0.2) is 0 Å². The molecule has 7 nitrogen and oxygen atoms in total. The van der Waals surface area contributed by atoms with E-state index in [0.29, 0.717) is 12.2 Å². The van der Waals surface area contributed by atoms with Crippen LogP contribution in [0.3, 0.4) is 0 Å². The SMILES string of the molecule is CC(C)N(C(=O)O)c1cccc(OC(=O)N(CCO)Cc2ccccc2)c1. The largest absolute Gasteiger partial charge is 0.465 e. The van der Waals surface area contributed by atoms with Crippen molar-refractivity contribution in [1.29, 1.82) is 0 Å². The van der Waals surface area contributed by atoms with Gasteiger partial charge in [0.05, 0.1) is 12.3 Å². The Balaban J connectivity index is 2.15. The molecule has 0 aromatic heterocycles. The summed E-state index contributed by atoms with van der Waals surface area (Å²) in [6.45, 7) is 3.75. The van der Waals surface area contributed by atoms with Gasteiger partial charge in [-0.05, 0) is 31.5 Å². The van der Waals surface area contributed by atoms with Crippen LogP contribution in [0.5, 0.6) is 5.75 Å². The van der Waals surface area contributed by atoms with Crippen LogP contribution in [-0.4, -0.2) is 46.5 Å². The highest BCUT2D eigenvalue weighted by Gasteiger charge is 2.20. The predicted molar refractivity (Wildman–Crippen MR) is 102 cm³/mol. The summed E-state index contributed by atoms with van der Waals surface area (Å²) in [7, 11) is 0. The number of amides is 2. The summed E-state index contributed by atoms with van der Waals surface area (Å²) in [5, 5.41) is 18.6. The first kappa shape index (κ1) is 20.3. The molecule has 0 heterocycles. The highest BCUT2D eigenvalue weighted by atomic mass is 16.6. The van der Waals surface area contributed by atoms with Gasteiger partial charge < -0.3 is 19.8 Å². The van der Waals surface area contributed by atoms with Crippen LogP contribution in [0.15, 0.2) is 54.6 Å². The van der Waals surface area contributed by atoms with Gasteiger partial charge in [-0.15, -0.1) is 0 Å². The molecule has 0 saturated heterocycles. The van der Waals surface area contributed by atoms with Gasteiger partial charge in [-0.2, -0.15) is 0 Å². The molecule has 0 bridgehead atoms. The van der Waals surface area contributed by atoms with Crippen molar-refractivity contribution >= 4 is 17.9 Å². The Morgan fingerprint density at radius 2 is 1.78 bits per heavy atom. The molecule has 0 atom stereocenters. The van der Waals surface area contributed by atoms with E-state index in [2.05, 4.69) is 0 Å². The van der Waals surface area contributed by atoms with Crippen LogP contribution in [0, 0.1) is 0 Å². The van der Waals surface area contributed by atoms with E-state index in [1.54, 1.807) is 32.0 Å². The highest BCUT2D eigenvalue weighted by Crippen LogP contribution is 2.24. The van der Waals surface area contributed by atoms with Crippen LogP contribution in [0.2, 0.25) is 0 Å². The summed E-state index contributed by atoms with van der Waals surface area (Å²) >= 11 is 0. The van der Waals surface area contributed by atoms with Crippen molar-refractivity contribution in [3.05, 3.63) is 60.2 Å². The number of aliphatic hydroxyl groups excluding tert-OH is 1. The van der Waals surface area contributed by atoms with Crippen molar-refractivity contribution in [3.8, 4) is 5.75 Å². The smallest absolute Gasteiger partial charge is 0.415 e. The molecule has 0 saturated carbocycles. The molecule has 7 heteroatoms. The fourth-order valence-corrected chi connectivity index (χ4v) is 2.65. The molecule has 2 amide bonds. The summed E-state index contributed by atoms with van der Waals surface area (Å²) in [5.41, 5.74) is 1.33. The molecule has 0 radical (unpaired) electrons. The Labute approximate surface area is 158 Å². The zero-order chi connectivity index (χ0) is 19.8. The zero-order valence-corrected chi connectivity index (χ0v) is 15.4. The third kappa shape index (κ3) is 5.72. The predicted octanol–water partition coefficient (Wildman–Crippen LogP) is 3.57. The number of ether oxygens (including phenoxy) is 1. The Morgan fingerprint density at radius 3 is 2.37 bits per heavy atom. The lowest BCUT2D eigenvalue weighted by Gasteiger charge is -2.24. The van der Waals surface area contributed by atoms with E-state index in [9.17, 15) is 19.8 Å². The number of carbonyl (C=O) groups excluding carboxylic acids is 1. The molecule has 0 unspecified atom stereocenters. The summed E-state index contributed by atoms with van der Waals surface area (Å²) in [6.07, 6.45) is -1.70. The second-order valence-corrected chi connectivity index (χ2v) is 6.24. The first-order valence-corrected chi connectivity index (χ1v) is 8.66. The van der Waals surface area contributed by atoms with Gasteiger partial charge in [-0.1, -0.05) is 36.4 Å². The Kier molecular flexibility index (Phi) is 7.19. The first-order valence-electron chi connectivity index (χ1n) is 8.66. The maximum atomic E-state index is 12.5. The maximum Gasteiger partial charge on any atom is 0.415 e. The van der Waals surface area contributed by atoms with Crippen LogP contribution in [-0.2, 0) is 6.54 Å². The Morgan fingerprint density at radius 1 is 1.07 bits per heavy atom.